The number of hydrogen-bond donors (Lipinski definition) is 0. The first-order chi connectivity index (χ1) is 11.1. The van der Waals surface area contributed by atoms with Crippen molar-refractivity contribution in [1.29, 1.82) is 0 Å². The zero-order chi connectivity index (χ0) is 17.1. The van der Waals surface area contributed by atoms with Gasteiger partial charge in [-0.25, -0.2) is 9.59 Å². The molecule has 0 saturated heterocycles. The highest BCUT2D eigenvalue weighted by molar-refractivity contribution is 6.17. The maximum Gasteiger partial charge on any atom is 0.345 e. The molecule has 0 amide bonds. The highest BCUT2D eigenvalue weighted by Crippen LogP contribution is 2.14. The first kappa shape index (κ1) is 18.9. The van der Waals surface area contributed by atoms with Crippen LogP contribution in [-0.4, -0.2) is 25.2 Å². The van der Waals surface area contributed by atoms with Gasteiger partial charge in [0, 0.05) is 0 Å². The summed E-state index contributed by atoms with van der Waals surface area (Å²) in [6, 6.07) is 7.55. The van der Waals surface area contributed by atoms with Crippen LogP contribution in [-0.2, 0) is 19.1 Å². The lowest BCUT2D eigenvalue weighted by atomic mass is 10.1. The molecule has 0 bridgehead atoms. The van der Waals surface area contributed by atoms with E-state index < -0.39 is 11.9 Å². The Morgan fingerprint density at radius 2 is 1.48 bits per heavy atom. The first-order valence-corrected chi connectivity index (χ1v) is 8.21. The Labute approximate surface area is 138 Å². The molecule has 0 saturated carbocycles. The third-order valence-corrected chi connectivity index (χ3v) is 3.39. The van der Waals surface area contributed by atoms with Gasteiger partial charge < -0.3 is 9.47 Å². The van der Waals surface area contributed by atoms with Crippen molar-refractivity contribution in [1.82, 2.24) is 0 Å². The minimum absolute atomic E-state index is 0.0495. The van der Waals surface area contributed by atoms with Crippen molar-refractivity contribution in [2.75, 3.05) is 13.2 Å². The Bertz CT molecular complexity index is 522. The quantitative estimate of drug-likeness (QED) is 0.226. The summed E-state index contributed by atoms with van der Waals surface area (Å²) < 4.78 is 10.4. The van der Waals surface area contributed by atoms with Gasteiger partial charge in [-0.2, -0.15) is 0 Å². The average molecular weight is 318 g/mol. The third kappa shape index (κ3) is 6.68. The van der Waals surface area contributed by atoms with E-state index in [9.17, 15) is 9.59 Å². The van der Waals surface area contributed by atoms with Gasteiger partial charge in [0.25, 0.3) is 0 Å². The second-order valence-corrected chi connectivity index (χ2v) is 5.39. The lowest BCUT2D eigenvalue weighted by Crippen LogP contribution is -2.19. The molecule has 0 aliphatic carbocycles. The van der Waals surface area contributed by atoms with Crippen LogP contribution in [0.2, 0.25) is 0 Å². The summed E-state index contributed by atoms with van der Waals surface area (Å²) in [5.41, 5.74) is 1.74. The number of aryl methyl sites for hydroxylation is 1. The fourth-order valence-corrected chi connectivity index (χ4v) is 1.88. The molecule has 4 nitrogen and oxygen atoms in total. The second-order valence-electron chi connectivity index (χ2n) is 5.39. The van der Waals surface area contributed by atoms with Gasteiger partial charge in [-0.15, -0.1) is 0 Å². The average Bonchev–Trinajstić information content (AvgIpc) is 2.54. The van der Waals surface area contributed by atoms with Crippen molar-refractivity contribution in [2.24, 2.45) is 0 Å². The van der Waals surface area contributed by atoms with E-state index in [1.807, 2.05) is 45.0 Å². The molecule has 1 aromatic carbocycles. The van der Waals surface area contributed by atoms with Gasteiger partial charge in [-0.05, 0) is 37.0 Å². The third-order valence-electron chi connectivity index (χ3n) is 3.39. The molecule has 1 aromatic rings. The highest BCUT2D eigenvalue weighted by atomic mass is 16.6. The van der Waals surface area contributed by atoms with Crippen LogP contribution >= 0.6 is 0 Å². The number of benzene rings is 1. The van der Waals surface area contributed by atoms with Crippen LogP contribution in [0.3, 0.4) is 0 Å². The molecular formula is C19H26O4. The minimum Gasteiger partial charge on any atom is -0.462 e. The Kier molecular flexibility index (Phi) is 8.73. The summed E-state index contributed by atoms with van der Waals surface area (Å²) in [5.74, 6) is -1.24. The second kappa shape index (κ2) is 10.6. The van der Waals surface area contributed by atoms with E-state index in [1.165, 1.54) is 0 Å². The Morgan fingerprint density at radius 3 is 1.96 bits per heavy atom. The van der Waals surface area contributed by atoms with Crippen molar-refractivity contribution >= 4 is 18.0 Å². The predicted octanol–water partition coefficient (Wildman–Crippen LogP) is 4.07. The molecule has 0 aromatic heterocycles. The van der Waals surface area contributed by atoms with E-state index in [1.54, 1.807) is 6.08 Å². The zero-order valence-electron chi connectivity index (χ0n) is 14.3. The van der Waals surface area contributed by atoms with Crippen LogP contribution in [0.1, 0.15) is 50.7 Å². The van der Waals surface area contributed by atoms with Gasteiger partial charge in [-0.1, -0.05) is 51.0 Å². The summed E-state index contributed by atoms with van der Waals surface area (Å²) in [7, 11) is 0. The van der Waals surface area contributed by atoms with E-state index in [-0.39, 0.29) is 5.57 Å². The fraction of sp³-hybridized carbons (Fsp3) is 0.474. The van der Waals surface area contributed by atoms with Gasteiger partial charge >= 0.3 is 11.9 Å². The largest absolute Gasteiger partial charge is 0.462 e. The van der Waals surface area contributed by atoms with Crippen LogP contribution < -0.4 is 0 Å². The molecule has 4 heteroatoms. The molecule has 0 radical (unpaired) electrons. The summed E-state index contributed by atoms with van der Waals surface area (Å²) in [5, 5.41) is 0. The van der Waals surface area contributed by atoms with E-state index >= 15 is 0 Å². The zero-order valence-corrected chi connectivity index (χ0v) is 14.3. The van der Waals surface area contributed by atoms with Crippen molar-refractivity contribution in [3.05, 3.63) is 41.0 Å². The molecule has 0 fully saturated rings. The molecule has 126 valence electrons. The number of rotatable bonds is 9. The molecule has 0 spiro atoms. The van der Waals surface area contributed by atoms with E-state index in [4.69, 9.17) is 9.47 Å². The number of ether oxygens (including phenoxy) is 2. The van der Waals surface area contributed by atoms with Crippen LogP contribution in [0.15, 0.2) is 29.8 Å². The maximum absolute atomic E-state index is 12.2. The van der Waals surface area contributed by atoms with Gasteiger partial charge in [0.15, 0.2) is 0 Å². The number of carbonyl (C=O) groups is 2. The topological polar surface area (TPSA) is 52.6 Å². The van der Waals surface area contributed by atoms with Crippen LogP contribution in [0.4, 0.5) is 0 Å². The standard InChI is InChI=1S/C19H26O4/c1-4-6-12-22-18(20)17(19(21)23-13-7-5-2)14-16-11-9-8-10-15(16)3/h8-11,14H,4-7,12-13H2,1-3H3. The summed E-state index contributed by atoms with van der Waals surface area (Å²) >= 11 is 0. The van der Waals surface area contributed by atoms with E-state index in [0.717, 1.165) is 36.8 Å². The summed E-state index contributed by atoms with van der Waals surface area (Å²) in [4.78, 5) is 24.4. The number of carbonyl (C=O) groups excluding carboxylic acids is 2. The molecule has 23 heavy (non-hydrogen) atoms. The van der Waals surface area contributed by atoms with E-state index in [0.29, 0.717) is 13.2 Å². The molecule has 0 heterocycles. The van der Waals surface area contributed by atoms with Crippen molar-refractivity contribution in [3.8, 4) is 0 Å². The Balaban J connectivity index is 2.93. The molecule has 1 rings (SSSR count). The van der Waals surface area contributed by atoms with Gasteiger partial charge in [-0.3, -0.25) is 0 Å². The van der Waals surface area contributed by atoms with Crippen molar-refractivity contribution in [2.45, 2.75) is 46.5 Å². The summed E-state index contributed by atoms with van der Waals surface area (Å²) in [6.07, 6.45) is 4.94. The minimum atomic E-state index is -0.622. The number of esters is 2. The Morgan fingerprint density at radius 1 is 0.957 bits per heavy atom. The molecule has 0 aliphatic rings. The first-order valence-electron chi connectivity index (χ1n) is 8.21. The molecule has 0 aliphatic heterocycles. The fourth-order valence-electron chi connectivity index (χ4n) is 1.88. The number of hydrogen-bond acceptors (Lipinski definition) is 4. The van der Waals surface area contributed by atoms with Crippen molar-refractivity contribution in [3.63, 3.8) is 0 Å². The maximum atomic E-state index is 12.2. The monoisotopic (exact) mass is 318 g/mol. The van der Waals surface area contributed by atoms with Gasteiger partial charge in [0.1, 0.15) is 5.57 Å². The normalized spacial score (nSPS) is 10.0. The smallest absolute Gasteiger partial charge is 0.345 e. The lowest BCUT2D eigenvalue weighted by Gasteiger charge is -2.09. The van der Waals surface area contributed by atoms with E-state index in [2.05, 4.69) is 0 Å². The van der Waals surface area contributed by atoms with Crippen LogP contribution in [0.5, 0.6) is 0 Å². The molecular weight excluding hydrogens is 292 g/mol. The molecule has 0 unspecified atom stereocenters. The molecule has 0 atom stereocenters. The lowest BCUT2D eigenvalue weighted by molar-refractivity contribution is -0.147. The SMILES string of the molecule is CCCCOC(=O)C(=Cc1ccccc1C)C(=O)OCCCC. The summed E-state index contributed by atoms with van der Waals surface area (Å²) in [6.45, 7) is 6.56. The van der Waals surface area contributed by atoms with Crippen LogP contribution in [0.25, 0.3) is 6.08 Å². The highest BCUT2D eigenvalue weighted by Gasteiger charge is 2.21. The van der Waals surface area contributed by atoms with Gasteiger partial charge in [0.05, 0.1) is 13.2 Å². The van der Waals surface area contributed by atoms with Crippen molar-refractivity contribution < 1.29 is 19.1 Å². The van der Waals surface area contributed by atoms with Gasteiger partial charge in [0.2, 0.25) is 0 Å². The predicted molar refractivity (Wildman–Crippen MR) is 90.9 cm³/mol. The number of unbranched alkanes of at least 4 members (excludes halogenated alkanes) is 2. The molecule has 0 N–H and O–H groups in total. The Hall–Kier alpha value is -2.10. The van der Waals surface area contributed by atoms with Crippen LogP contribution in [0, 0.1) is 6.92 Å².